The highest BCUT2D eigenvalue weighted by atomic mass is 35.5. The summed E-state index contributed by atoms with van der Waals surface area (Å²) in [5.74, 6) is 0. The summed E-state index contributed by atoms with van der Waals surface area (Å²) in [6.07, 6.45) is 1.46. The van der Waals surface area contributed by atoms with Crippen molar-refractivity contribution in [3.05, 3.63) is 33.3 Å². The molecule has 0 aliphatic heterocycles. The number of nitrogens with two attached hydrogens (primary N) is 1. The summed E-state index contributed by atoms with van der Waals surface area (Å²) in [5, 5.41) is 10.7. The third-order valence-corrected chi connectivity index (χ3v) is 4.55. The van der Waals surface area contributed by atoms with Gasteiger partial charge in [-0.05, 0) is 12.5 Å². The quantitative estimate of drug-likeness (QED) is 0.572. The Morgan fingerprint density at radius 1 is 1.48 bits per heavy atom. The number of hydrogen-bond donors (Lipinski definition) is 2. The molecule has 0 aliphatic carbocycles. The number of nitro groups is 1. The number of nitrogens with one attached hydrogen (secondary N) is 1. The Labute approximate surface area is 134 Å². The second-order valence-corrected chi connectivity index (χ2v) is 6.36. The van der Waals surface area contributed by atoms with Crippen LogP contribution in [0.5, 0.6) is 0 Å². The highest BCUT2D eigenvalue weighted by molar-refractivity contribution is 7.89. The zero-order valence-electron chi connectivity index (χ0n) is 11.3. The number of rotatable bonds is 7. The molecule has 1 atom stereocenters. The number of sulfonamides is 1. The molecule has 120 valence electrons. The van der Waals surface area contributed by atoms with Crippen LogP contribution in [0, 0.1) is 10.1 Å². The van der Waals surface area contributed by atoms with E-state index < -0.39 is 25.5 Å². The first-order valence-electron chi connectivity index (χ1n) is 5.97. The van der Waals surface area contributed by atoms with Crippen molar-refractivity contribution in [2.75, 3.05) is 6.54 Å². The molecule has 1 aromatic rings. The number of hydrogen-bond acceptors (Lipinski definition) is 5. The Morgan fingerprint density at radius 3 is 2.62 bits per heavy atom. The minimum atomic E-state index is -4.08. The fourth-order valence-electron chi connectivity index (χ4n) is 1.67. The lowest BCUT2D eigenvalue weighted by atomic mass is 10.2. The van der Waals surface area contributed by atoms with Crippen molar-refractivity contribution < 1.29 is 13.3 Å². The minimum Gasteiger partial charge on any atom is -0.327 e. The van der Waals surface area contributed by atoms with Crippen LogP contribution in [0.1, 0.15) is 19.8 Å². The molecule has 0 aromatic heterocycles. The van der Waals surface area contributed by atoms with E-state index in [0.29, 0.717) is 6.42 Å². The molecule has 7 nitrogen and oxygen atoms in total. The van der Waals surface area contributed by atoms with Crippen LogP contribution in [0.3, 0.4) is 0 Å². The zero-order chi connectivity index (χ0) is 15.3. The van der Waals surface area contributed by atoms with E-state index in [-0.39, 0.29) is 30.0 Å². The predicted molar refractivity (Wildman–Crippen MR) is 83.4 cm³/mol. The number of benzene rings is 1. The van der Waals surface area contributed by atoms with Gasteiger partial charge in [-0.25, -0.2) is 13.1 Å². The number of nitro benzene ring substituents is 1. The van der Waals surface area contributed by atoms with Crippen molar-refractivity contribution in [2.24, 2.45) is 5.73 Å². The first kappa shape index (κ1) is 20.1. The molecule has 0 heterocycles. The molecule has 0 saturated carbocycles. The van der Waals surface area contributed by atoms with Gasteiger partial charge in [0.05, 0.1) is 9.95 Å². The van der Waals surface area contributed by atoms with Gasteiger partial charge >= 0.3 is 0 Å². The third-order valence-electron chi connectivity index (χ3n) is 2.61. The fourth-order valence-corrected chi connectivity index (χ4v) is 3.46. The van der Waals surface area contributed by atoms with Gasteiger partial charge in [0.2, 0.25) is 10.0 Å². The smallest absolute Gasteiger partial charge is 0.290 e. The minimum absolute atomic E-state index is 0. The summed E-state index contributed by atoms with van der Waals surface area (Å²) in [6, 6.07) is 3.35. The van der Waals surface area contributed by atoms with Crippen molar-refractivity contribution in [1.82, 2.24) is 4.72 Å². The van der Waals surface area contributed by atoms with Crippen molar-refractivity contribution in [3.63, 3.8) is 0 Å². The van der Waals surface area contributed by atoms with Gasteiger partial charge in [0, 0.05) is 18.7 Å². The molecule has 0 amide bonds. The highest BCUT2D eigenvalue weighted by Crippen LogP contribution is 2.30. The molecule has 0 aliphatic rings. The molecular weight excluding hydrogens is 341 g/mol. The van der Waals surface area contributed by atoms with E-state index in [9.17, 15) is 18.5 Å². The lowest BCUT2D eigenvalue weighted by Crippen LogP contribution is -2.37. The van der Waals surface area contributed by atoms with Crippen molar-refractivity contribution >= 4 is 39.7 Å². The average molecular weight is 358 g/mol. The van der Waals surface area contributed by atoms with Gasteiger partial charge in [-0.15, -0.1) is 12.4 Å². The molecule has 1 aromatic carbocycles. The Kier molecular flexibility index (Phi) is 8.12. The third kappa shape index (κ3) is 5.40. The number of nitrogens with zero attached hydrogens (tertiary/aromatic N) is 1. The average Bonchev–Trinajstić information content (AvgIpc) is 2.36. The SMILES string of the molecule is CCCC(N)CNS(=O)(=O)c1c(Cl)cccc1[N+](=O)[O-].Cl. The summed E-state index contributed by atoms with van der Waals surface area (Å²) >= 11 is 5.78. The Hall–Kier alpha value is -0.930. The van der Waals surface area contributed by atoms with Gasteiger partial charge in [-0.1, -0.05) is 31.0 Å². The van der Waals surface area contributed by atoms with E-state index in [0.717, 1.165) is 12.5 Å². The van der Waals surface area contributed by atoms with E-state index in [1.54, 1.807) is 0 Å². The van der Waals surface area contributed by atoms with Gasteiger partial charge in [-0.3, -0.25) is 10.1 Å². The van der Waals surface area contributed by atoms with E-state index in [2.05, 4.69) is 4.72 Å². The summed E-state index contributed by atoms with van der Waals surface area (Å²) in [6.45, 7) is 1.92. The Morgan fingerprint density at radius 2 is 2.10 bits per heavy atom. The van der Waals surface area contributed by atoms with E-state index in [4.69, 9.17) is 17.3 Å². The monoisotopic (exact) mass is 357 g/mol. The molecule has 3 N–H and O–H groups in total. The van der Waals surface area contributed by atoms with E-state index in [1.165, 1.54) is 12.1 Å². The van der Waals surface area contributed by atoms with Crippen LogP contribution in [-0.2, 0) is 10.0 Å². The highest BCUT2D eigenvalue weighted by Gasteiger charge is 2.28. The zero-order valence-corrected chi connectivity index (χ0v) is 13.7. The van der Waals surface area contributed by atoms with Gasteiger partial charge < -0.3 is 5.73 Å². The molecule has 0 bridgehead atoms. The van der Waals surface area contributed by atoms with Crippen molar-refractivity contribution in [2.45, 2.75) is 30.7 Å². The topological polar surface area (TPSA) is 115 Å². The van der Waals surface area contributed by atoms with Crippen LogP contribution in [0.2, 0.25) is 5.02 Å². The molecule has 10 heteroatoms. The fraction of sp³-hybridized carbons (Fsp3) is 0.455. The molecule has 0 fully saturated rings. The first-order chi connectivity index (χ1) is 9.29. The molecule has 1 unspecified atom stereocenters. The van der Waals surface area contributed by atoms with Crippen LogP contribution in [-0.4, -0.2) is 25.9 Å². The molecule has 0 radical (unpaired) electrons. The predicted octanol–water partition coefficient (Wildman–Crippen LogP) is 2.08. The Balaban J connectivity index is 0.00000400. The van der Waals surface area contributed by atoms with Crippen LogP contribution >= 0.6 is 24.0 Å². The second kappa shape index (κ2) is 8.50. The van der Waals surface area contributed by atoms with Gasteiger partial charge in [0.1, 0.15) is 0 Å². The maximum absolute atomic E-state index is 12.1. The maximum Gasteiger partial charge on any atom is 0.290 e. The lowest BCUT2D eigenvalue weighted by molar-refractivity contribution is -0.387. The van der Waals surface area contributed by atoms with Crippen molar-refractivity contribution in [3.8, 4) is 0 Å². The van der Waals surface area contributed by atoms with Crippen molar-refractivity contribution in [1.29, 1.82) is 0 Å². The molecule has 0 saturated heterocycles. The van der Waals surface area contributed by atoms with Crippen LogP contribution in [0.4, 0.5) is 5.69 Å². The lowest BCUT2D eigenvalue weighted by Gasteiger charge is -2.12. The normalized spacial score (nSPS) is 12.5. The molecule has 0 spiro atoms. The number of halogens is 2. The maximum atomic E-state index is 12.1. The molecular formula is C11H17Cl2N3O4S. The van der Waals surface area contributed by atoms with Crippen LogP contribution in [0.15, 0.2) is 23.1 Å². The standard InChI is InChI=1S/C11H16ClN3O4S.ClH/c1-2-4-8(13)7-14-20(18,19)11-9(12)5-3-6-10(11)15(16)17;/h3,5-6,8,14H,2,4,7,13H2,1H3;1H. The van der Waals surface area contributed by atoms with Gasteiger partial charge in [-0.2, -0.15) is 0 Å². The molecule has 21 heavy (non-hydrogen) atoms. The summed E-state index contributed by atoms with van der Waals surface area (Å²) in [7, 11) is -4.08. The summed E-state index contributed by atoms with van der Waals surface area (Å²) in [4.78, 5) is 9.57. The largest absolute Gasteiger partial charge is 0.327 e. The first-order valence-corrected chi connectivity index (χ1v) is 7.83. The Bertz CT molecular complexity index is 595. The van der Waals surface area contributed by atoms with Gasteiger partial charge in [0.15, 0.2) is 4.90 Å². The molecule has 1 rings (SSSR count). The summed E-state index contributed by atoms with van der Waals surface area (Å²) < 4.78 is 26.5. The van der Waals surface area contributed by atoms with Crippen LogP contribution in [0.25, 0.3) is 0 Å². The van der Waals surface area contributed by atoms with Gasteiger partial charge in [0.25, 0.3) is 5.69 Å². The summed E-state index contributed by atoms with van der Waals surface area (Å²) in [5.41, 5.74) is 5.15. The second-order valence-electron chi connectivity index (χ2n) is 4.25. The van der Waals surface area contributed by atoms with E-state index >= 15 is 0 Å². The van der Waals surface area contributed by atoms with E-state index in [1.807, 2.05) is 6.92 Å². The van der Waals surface area contributed by atoms with Crippen LogP contribution < -0.4 is 10.5 Å².